The van der Waals surface area contributed by atoms with Crippen LogP contribution in [0.2, 0.25) is 0 Å². The van der Waals surface area contributed by atoms with Crippen molar-refractivity contribution in [2.45, 2.75) is 24.8 Å². The maximum Gasteiger partial charge on any atom is 0.259 e. The quantitative estimate of drug-likeness (QED) is 0.773. The fourth-order valence-corrected chi connectivity index (χ4v) is 2.56. The van der Waals surface area contributed by atoms with Gasteiger partial charge in [0.05, 0.1) is 13.2 Å². The molecule has 0 radical (unpaired) electrons. The molecule has 1 saturated heterocycles. The van der Waals surface area contributed by atoms with Crippen molar-refractivity contribution in [2.75, 3.05) is 26.9 Å². The molecule has 1 aliphatic rings. The number of ether oxygens (including phenoxy) is 3. The van der Waals surface area contributed by atoms with Gasteiger partial charge in [0.15, 0.2) is 18.1 Å². The Morgan fingerprint density at radius 3 is 2.83 bits per heavy atom. The van der Waals surface area contributed by atoms with Gasteiger partial charge in [0, 0.05) is 26.1 Å². The number of hydrogen-bond acceptors (Lipinski definition) is 5. The van der Waals surface area contributed by atoms with Crippen LogP contribution in [0, 0.1) is 11.3 Å². The molecule has 24 heavy (non-hydrogen) atoms. The summed E-state index contributed by atoms with van der Waals surface area (Å²) in [5.74, 6) is 0.706. The molecule has 0 aliphatic carbocycles. The van der Waals surface area contributed by atoms with Gasteiger partial charge in [-0.05, 0) is 24.1 Å². The van der Waals surface area contributed by atoms with Gasteiger partial charge in [0.1, 0.15) is 5.54 Å². The SMILES string of the molecule is C=CCc1ccc(OCC(=O)NC2(C#N)CCOCC2)c(OC)c1. The number of nitriles is 1. The number of allylic oxidation sites excluding steroid dienone is 1. The molecule has 1 aliphatic heterocycles. The Morgan fingerprint density at radius 2 is 2.21 bits per heavy atom. The highest BCUT2D eigenvalue weighted by Gasteiger charge is 2.34. The monoisotopic (exact) mass is 330 g/mol. The molecular formula is C18H22N2O4. The van der Waals surface area contributed by atoms with Crippen molar-refractivity contribution in [1.82, 2.24) is 5.32 Å². The summed E-state index contributed by atoms with van der Waals surface area (Å²) in [4.78, 5) is 12.1. The van der Waals surface area contributed by atoms with Gasteiger partial charge in [-0.2, -0.15) is 5.26 Å². The van der Waals surface area contributed by atoms with Crippen LogP contribution in [0.4, 0.5) is 0 Å². The standard InChI is InChI=1S/C18H22N2O4/c1-3-4-14-5-6-15(16(11-14)22-2)24-12-17(21)20-18(13-19)7-9-23-10-8-18/h3,5-6,11H,1,4,7-10,12H2,2H3,(H,20,21). The molecule has 0 aromatic heterocycles. The summed E-state index contributed by atoms with van der Waals surface area (Å²) < 4.78 is 16.1. The van der Waals surface area contributed by atoms with Crippen molar-refractivity contribution in [1.29, 1.82) is 5.26 Å². The van der Waals surface area contributed by atoms with Crippen molar-refractivity contribution in [3.8, 4) is 17.6 Å². The van der Waals surface area contributed by atoms with E-state index in [1.807, 2.05) is 12.1 Å². The van der Waals surface area contributed by atoms with Gasteiger partial charge < -0.3 is 19.5 Å². The van der Waals surface area contributed by atoms with Crippen molar-refractivity contribution < 1.29 is 19.0 Å². The van der Waals surface area contributed by atoms with Crippen LogP contribution >= 0.6 is 0 Å². The lowest BCUT2D eigenvalue weighted by molar-refractivity contribution is -0.125. The molecule has 1 fully saturated rings. The van der Waals surface area contributed by atoms with Crippen LogP contribution < -0.4 is 14.8 Å². The molecule has 0 spiro atoms. The van der Waals surface area contributed by atoms with Crippen molar-refractivity contribution in [3.05, 3.63) is 36.4 Å². The smallest absolute Gasteiger partial charge is 0.259 e. The Labute approximate surface area is 142 Å². The average molecular weight is 330 g/mol. The zero-order valence-corrected chi connectivity index (χ0v) is 13.8. The molecule has 1 amide bonds. The van der Waals surface area contributed by atoms with Gasteiger partial charge >= 0.3 is 0 Å². The number of amides is 1. The van der Waals surface area contributed by atoms with E-state index < -0.39 is 5.54 Å². The lowest BCUT2D eigenvalue weighted by Crippen LogP contribution is -2.52. The minimum atomic E-state index is -0.864. The minimum Gasteiger partial charge on any atom is -0.493 e. The third-order valence-corrected chi connectivity index (χ3v) is 3.91. The first kappa shape index (κ1) is 17.8. The highest BCUT2D eigenvalue weighted by atomic mass is 16.5. The van der Waals surface area contributed by atoms with E-state index >= 15 is 0 Å². The van der Waals surface area contributed by atoms with Gasteiger partial charge in [-0.15, -0.1) is 6.58 Å². The van der Waals surface area contributed by atoms with E-state index in [9.17, 15) is 10.1 Å². The predicted octanol–water partition coefficient (Wildman–Crippen LogP) is 1.99. The molecule has 0 bridgehead atoms. The molecule has 128 valence electrons. The fraction of sp³-hybridized carbons (Fsp3) is 0.444. The first-order valence-corrected chi connectivity index (χ1v) is 7.83. The highest BCUT2D eigenvalue weighted by Crippen LogP contribution is 2.28. The largest absolute Gasteiger partial charge is 0.493 e. The Kier molecular flexibility index (Phi) is 6.21. The third kappa shape index (κ3) is 4.49. The minimum absolute atomic E-state index is 0.179. The Bertz CT molecular complexity index is 630. The Morgan fingerprint density at radius 1 is 1.46 bits per heavy atom. The summed E-state index contributed by atoms with van der Waals surface area (Å²) in [6.45, 7) is 4.46. The molecule has 1 aromatic rings. The van der Waals surface area contributed by atoms with Gasteiger partial charge in [-0.3, -0.25) is 4.79 Å². The van der Waals surface area contributed by atoms with E-state index in [1.165, 1.54) is 0 Å². The van der Waals surface area contributed by atoms with Gasteiger partial charge in [-0.25, -0.2) is 0 Å². The highest BCUT2D eigenvalue weighted by molar-refractivity contribution is 5.79. The normalized spacial score (nSPS) is 15.8. The second kappa shape index (κ2) is 8.37. The maximum atomic E-state index is 12.1. The number of carbonyl (C=O) groups excluding carboxylic acids is 1. The van der Waals surface area contributed by atoms with Crippen molar-refractivity contribution in [3.63, 3.8) is 0 Å². The summed E-state index contributed by atoms with van der Waals surface area (Å²) in [5.41, 5.74) is 0.181. The van der Waals surface area contributed by atoms with E-state index in [1.54, 1.807) is 19.3 Å². The number of hydrogen-bond donors (Lipinski definition) is 1. The van der Waals surface area contributed by atoms with Crippen molar-refractivity contribution in [2.24, 2.45) is 0 Å². The van der Waals surface area contributed by atoms with E-state index in [-0.39, 0.29) is 12.5 Å². The number of methoxy groups -OCH3 is 1. The molecular weight excluding hydrogens is 308 g/mol. The van der Waals surface area contributed by atoms with Gasteiger partial charge in [0.25, 0.3) is 5.91 Å². The average Bonchev–Trinajstić information content (AvgIpc) is 2.61. The molecule has 0 saturated carbocycles. The number of rotatable bonds is 7. The molecule has 0 unspecified atom stereocenters. The molecule has 1 aromatic carbocycles. The van der Waals surface area contributed by atoms with E-state index in [2.05, 4.69) is 18.0 Å². The zero-order chi connectivity index (χ0) is 17.4. The zero-order valence-electron chi connectivity index (χ0n) is 13.8. The van der Waals surface area contributed by atoms with Gasteiger partial charge in [-0.1, -0.05) is 12.1 Å². The summed E-state index contributed by atoms with van der Waals surface area (Å²) in [6, 6.07) is 7.70. The first-order chi connectivity index (χ1) is 11.6. The first-order valence-electron chi connectivity index (χ1n) is 7.83. The summed E-state index contributed by atoms with van der Waals surface area (Å²) in [6.07, 6.45) is 3.49. The molecule has 1 N–H and O–H groups in total. The van der Waals surface area contributed by atoms with Gasteiger partial charge in [0.2, 0.25) is 0 Å². The maximum absolute atomic E-state index is 12.1. The van der Waals surface area contributed by atoms with Crippen LogP contribution in [0.25, 0.3) is 0 Å². The third-order valence-electron chi connectivity index (χ3n) is 3.91. The predicted molar refractivity (Wildman–Crippen MR) is 88.9 cm³/mol. The topological polar surface area (TPSA) is 80.6 Å². The van der Waals surface area contributed by atoms with Crippen LogP contribution in [-0.4, -0.2) is 38.4 Å². The summed E-state index contributed by atoms with van der Waals surface area (Å²) in [7, 11) is 1.55. The molecule has 6 heteroatoms. The van der Waals surface area contributed by atoms with Crippen LogP contribution in [-0.2, 0) is 16.0 Å². The Hall–Kier alpha value is -2.52. The molecule has 1 heterocycles. The van der Waals surface area contributed by atoms with Crippen molar-refractivity contribution >= 4 is 5.91 Å². The Balaban J connectivity index is 1.96. The number of nitrogens with one attached hydrogen (secondary N) is 1. The van der Waals surface area contributed by atoms with Crippen LogP contribution in [0.5, 0.6) is 11.5 Å². The second-order valence-electron chi connectivity index (χ2n) is 5.62. The van der Waals surface area contributed by atoms with E-state index in [0.717, 1.165) is 12.0 Å². The lowest BCUT2D eigenvalue weighted by atomic mass is 9.92. The summed E-state index contributed by atoms with van der Waals surface area (Å²) >= 11 is 0. The summed E-state index contributed by atoms with van der Waals surface area (Å²) in [5, 5.41) is 12.1. The number of benzene rings is 1. The lowest BCUT2D eigenvalue weighted by Gasteiger charge is -2.31. The van der Waals surface area contributed by atoms with Crippen LogP contribution in [0.3, 0.4) is 0 Å². The molecule has 0 atom stereocenters. The number of carbonyl (C=O) groups is 1. The molecule has 2 rings (SSSR count). The second-order valence-corrected chi connectivity index (χ2v) is 5.62. The molecule has 6 nitrogen and oxygen atoms in total. The number of nitrogens with zero attached hydrogens (tertiary/aromatic N) is 1. The van der Waals surface area contributed by atoms with E-state index in [4.69, 9.17) is 14.2 Å². The van der Waals surface area contributed by atoms with E-state index in [0.29, 0.717) is 37.6 Å². The fourth-order valence-electron chi connectivity index (χ4n) is 2.56. The van der Waals surface area contributed by atoms with Crippen LogP contribution in [0.1, 0.15) is 18.4 Å². The van der Waals surface area contributed by atoms with Crippen LogP contribution in [0.15, 0.2) is 30.9 Å².